The van der Waals surface area contributed by atoms with Crippen LogP contribution in [0.4, 0.5) is 0 Å². The smallest absolute Gasteiger partial charge is 0.232 e. The lowest BCUT2D eigenvalue weighted by Gasteiger charge is -2.40. The highest BCUT2D eigenvalue weighted by atomic mass is 35.5. The Labute approximate surface area is 191 Å². The quantitative estimate of drug-likeness (QED) is 0.657. The van der Waals surface area contributed by atoms with Gasteiger partial charge in [-0.25, -0.2) is 9.98 Å². The van der Waals surface area contributed by atoms with Gasteiger partial charge in [0.05, 0.1) is 17.7 Å². The summed E-state index contributed by atoms with van der Waals surface area (Å²) in [4.78, 5) is 24.3. The molecule has 1 amide bonds. The first kappa shape index (κ1) is 21.0. The highest BCUT2D eigenvalue weighted by Gasteiger charge is 2.41. The van der Waals surface area contributed by atoms with Crippen molar-refractivity contribution in [2.45, 2.75) is 44.2 Å². The van der Waals surface area contributed by atoms with E-state index in [1.165, 1.54) is 0 Å². The second-order valence-corrected chi connectivity index (χ2v) is 9.06. The molecule has 0 unspecified atom stereocenters. The zero-order valence-corrected chi connectivity index (χ0v) is 18.8. The van der Waals surface area contributed by atoms with Crippen molar-refractivity contribution < 1.29 is 9.53 Å². The molecular weight excluding hydrogens is 426 g/mol. The molecule has 1 aromatic carbocycles. The van der Waals surface area contributed by atoms with E-state index in [-0.39, 0.29) is 24.3 Å². The van der Waals surface area contributed by atoms with Crippen molar-refractivity contribution in [1.29, 1.82) is 0 Å². The minimum atomic E-state index is -0.811. The number of nitrogens with zero attached hydrogens (tertiary/aromatic N) is 4. The van der Waals surface area contributed by atoms with Gasteiger partial charge in [-0.1, -0.05) is 35.9 Å². The molecule has 2 aliphatic rings. The van der Waals surface area contributed by atoms with Gasteiger partial charge < -0.3 is 14.9 Å². The molecule has 1 fully saturated rings. The van der Waals surface area contributed by atoms with E-state index in [1.807, 2.05) is 60.1 Å². The normalized spacial score (nSPS) is 22.4. The van der Waals surface area contributed by atoms with Crippen molar-refractivity contribution in [3.8, 4) is 0 Å². The van der Waals surface area contributed by atoms with Gasteiger partial charge in [0, 0.05) is 43.1 Å². The van der Waals surface area contributed by atoms with Crippen molar-refractivity contribution in [2.75, 3.05) is 13.2 Å². The van der Waals surface area contributed by atoms with Crippen LogP contribution in [0, 0.1) is 0 Å². The van der Waals surface area contributed by atoms with Crippen LogP contribution in [0.5, 0.6) is 0 Å². The van der Waals surface area contributed by atoms with E-state index in [2.05, 4.69) is 4.98 Å². The molecule has 0 spiro atoms. The van der Waals surface area contributed by atoms with Gasteiger partial charge in [-0.3, -0.25) is 9.69 Å². The summed E-state index contributed by atoms with van der Waals surface area (Å²) in [6.07, 6.45) is 6.34. The van der Waals surface area contributed by atoms with E-state index >= 15 is 0 Å². The number of hydrogen-bond acceptors (Lipinski definition) is 5. The van der Waals surface area contributed by atoms with Gasteiger partial charge >= 0.3 is 0 Å². The molecule has 4 heterocycles. The van der Waals surface area contributed by atoms with Gasteiger partial charge in [0.2, 0.25) is 5.91 Å². The zero-order chi connectivity index (χ0) is 22.3. The maximum atomic E-state index is 13.1. The number of benzene rings is 1. The van der Waals surface area contributed by atoms with Crippen molar-refractivity contribution in [1.82, 2.24) is 14.3 Å². The molecule has 1 atom stereocenters. The second-order valence-electron chi connectivity index (χ2n) is 8.68. The number of aromatic nitrogens is 2. The molecule has 0 aliphatic carbocycles. The minimum Gasteiger partial charge on any atom is -0.381 e. The summed E-state index contributed by atoms with van der Waals surface area (Å²) in [5.74, 6) is 0.242. The van der Waals surface area contributed by atoms with Crippen molar-refractivity contribution in [3.05, 3.63) is 70.6 Å². The maximum absolute atomic E-state index is 13.1. The molecule has 0 saturated carbocycles. The van der Waals surface area contributed by atoms with Gasteiger partial charge in [0.15, 0.2) is 5.96 Å². The Morgan fingerprint density at radius 1 is 1.22 bits per heavy atom. The molecule has 2 aromatic heterocycles. The highest BCUT2D eigenvalue weighted by Crippen LogP contribution is 2.39. The van der Waals surface area contributed by atoms with Crippen LogP contribution in [0.15, 0.2) is 53.8 Å². The van der Waals surface area contributed by atoms with Crippen LogP contribution in [0.2, 0.25) is 5.02 Å². The molecule has 2 N–H and O–H groups in total. The molecule has 2 aliphatic heterocycles. The lowest BCUT2D eigenvalue weighted by atomic mass is 9.85. The van der Waals surface area contributed by atoms with E-state index in [9.17, 15) is 4.79 Å². The predicted octanol–water partition coefficient (Wildman–Crippen LogP) is 3.52. The lowest BCUT2D eigenvalue weighted by molar-refractivity contribution is -0.132. The minimum absolute atomic E-state index is 0.0197. The van der Waals surface area contributed by atoms with Crippen LogP contribution in [-0.4, -0.2) is 45.4 Å². The van der Waals surface area contributed by atoms with E-state index < -0.39 is 5.54 Å². The average molecular weight is 452 g/mol. The Kier molecular flexibility index (Phi) is 5.39. The number of ether oxygens (including phenoxy) is 1. The Hall–Kier alpha value is -2.90. The van der Waals surface area contributed by atoms with Crippen LogP contribution in [0.25, 0.3) is 5.65 Å². The SMILES string of the molecule is C[C@@]1(c2cccc(Cc3cn4ccccc4n3)c2Cl)CC(=O)N(C2CCOCC2)C(N)=N1. The number of amides is 1. The third kappa shape index (κ3) is 3.76. The van der Waals surface area contributed by atoms with Gasteiger partial charge in [-0.2, -0.15) is 0 Å². The largest absolute Gasteiger partial charge is 0.381 e. The summed E-state index contributed by atoms with van der Waals surface area (Å²) >= 11 is 6.87. The Bertz CT molecular complexity index is 1170. The summed E-state index contributed by atoms with van der Waals surface area (Å²) in [6, 6.07) is 11.8. The number of guanidine groups is 1. The van der Waals surface area contributed by atoms with Crippen LogP contribution in [0.1, 0.15) is 43.0 Å². The fourth-order valence-corrected chi connectivity index (χ4v) is 5.14. The Balaban J connectivity index is 1.45. The molecule has 0 bridgehead atoms. The molecule has 7 nitrogen and oxygen atoms in total. The number of fused-ring (bicyclic) bond motifs is 1. The van der Waals surface area contributed by atoms with Crippen LogP contribution in [0.3, 0.4) is 0 Å². The predicted molar refractivity (Wildman–Crippen MR) is 124 cm³/mol. The highest BCUT2D eigenvalue weighted by molar-refractivity contribution is 6.32. The number of halogens is 1. The first-order valence-electron chi connectivity index (χ1n) is 10.9. The van der Waals surface area contributed by atoms with Crippen LogP contribution < -0.4 is 5.73 Å². The monoisotopic (exact) mass is 451 g/mol. The summed E-state index contributed by atoms with van der Waals surface area (Å²) in [6.45, 7) is 3.20. The van der Waals surface area contributed by atoms with E-state index in [0.29, 0.717) is 24.7 Å². The molecule has 8 heteroatoms. The number of nitrogens with two attached hydrogens (primary N) is 1. The standard InChI is InChI=1S/C24H26ClN5O2/c1-24(14-21(31)30(23(26)28-24)18-8-11-32-12-9-18)19-6-4-5-16(22(19)25)13-17-15-29-10-3-2-7-20(29)27-17/h2-7,10,15,18H,8-9,11-14H2,1H3,(H2,26,28)/t24-/m0/s1. The number of pyridine rings is 1. The second kappa shape index (κ2) is 8.22. The third-order valence-electron chi connectivity index (χ3n) is 6.37. The van der Waals surface area contributed by atoms with Crippen LogP contribution >= 0.6 is 11.6 Å². The fraction of sp³-hybridized carbons (Fsp3) is 0.375. The van der Waals surface area contributed by atoms with Gasteiger partial charge in [-0.15, -0.1) is 0 Å². The third-order valence-corrected chi connectivity index (χ3v) is 6.82. The van der Waals surface area contributed by atoms with Crippen LogP contribution in [-0.2, 0) is 21.5 Å². The average Bonchev–Trinajstić information content (AvgIpc) is 3.18. The number of carbonyl (C=O) groups is 1. The molecule has 0 radical (unpaired) electrons. The first-order valence-corrected chi connectivity index (χ1v) is 11.3. The summed E-state index contributed by atoms with van der Waals surface area (Å²) < 4.78 is 7.42. The summed E-state index contributed by atoms with van der Waals surface area (Å²) in [5, 5.41) is 0.607. The topological polar surface area (TPSA) is 85.2 Å². The zero-order valence-electron chi connectivity index (χ0n) is 18.0. The number of imidazole rings is 1. The number of carbonyl (C=O) groups excluding carboxylic acids is 1. The number of rotatable bonds is 4. The first-order chi connectivity index (χ1) is 15.4. The number of hydrogen-bond donors (Lipinski definition) is 1. The number of aliphatic imine (C=N–C) groups is 1. The molecule has 32 heavy (non-hydrogen) atoms. The fourth-order valence-electron chi connectivity index (χ4n) is 4.74. The van der Waals surface area contributed by atoms with Gasteiger partial charge in [-0.05, 0) is 43.0 Å². The molecule has 1 saturated heterocycles. The molecule has 3 aromatic rings. The Morgan fingerprint density at radius 3 is 2.78 bits per heavy atom. The summed E-state index contributed by atoms with van der Waals surface area (Å²) in [5.41, 5.74) is 9.09. The van der Waals surface area contributed by atoms with E-state index in [4.69, 9.17) is 27.1 Å². The van der Waals surface area contributed by atoms with E-state index in [1.54, 1.807) is 4.90 Å². The Morgan fingerprint density at radius 2 is 2.03 bits per heavy atom. The summed E-state index contributed by atoms with van der Waals surface area (Å²) in [7, 11) is 0. The molecule has 166 valence electrons. The van der Waals surface area contributed by atoms with Crippen molar-refractivity contribution >= 4 is 29.1 Å². The van der Waals surface area contributed by atoms with Crippen molar-refractivity contribution in [2.24, 2.45) is 10.7 Å². The maximum Gasteiger partial charge on any atom is 0.232 e. The molecule has 5 rings (SSSR count). The molecular formula is C24H26ClN5O2. The van der Waals surface area contributed by atoms with Gasteiger partial charge in [0.25, 0.3) is 0 Å². The van der Waals surface area contributed by atoms with E-state index in [0.717, 1.165) is 35.3 Å². The van der Waals surface area contributed by atoms with Crippen molar-refractivity contribution in [3.63, 3.8) is 0 Å². The van der Waals surface area contributed by atoms with Gasteiger partial charge in [0.1, 0.15) is 5.65 Å². The lowest BCUT2D eigenvalue weighted by Crippen LogP contribution is -2.55.